The topological polar surface area (TPSA) is 68.8 Å². The zero-order valence-corrected chi connectivity index (χ0v) is 20.0. The van der Waals surface area contributed by atoms with Crippen molar-refractivity contribution in [1.82, 2.24) is 24.3 Å². The highest BCUT2D eigenvalue weighted by molar-refractivity contribution is 6.30. The predicted molar refractivity (Wildman–Crippen MR) is 128 cm³/mol. The summed E-state index contributed by atoms with van der Waals surface area (Å²) in [4.78, 5) is 24.0. The maximum atomic E-state index is 14.9. The minimum atomic E-state index is -2.93. The van der Waals surface area contributed by atoms with Gasteiger partial charge in [-0.05, 0) is 31.2 Å². The van der Waals surface area contributed by atoms with E-state index in [1.54, 1.807) is 38.2 Å². The van der Waals surface area contributed by atoms with Crippen molar-refractivity contribution >= 4 is 28.3 Å². The Hall–Kier alpha value is -3.40. The second-order valence-corrected chi connectivity index (χ2v) is 9.27. The highest BCUT2D eigenvalue weighted by Gasteiger charge is 2.45. The normalized spacial score (nSPS) is 17.8. The van der Waals surface area contributed by atoms with Crippen LogP contribution in [-0.2, 0) is 14.1 Å². The summed E-state index contributed by atoms with van der Waals surface area (Å²) >= 11 is 5.93. The van der Waals surface area contributed by atoms with Gasteiger partial charge < -0.3 is 4.90 Å². The third kappa shape index (κ3) is 4.05. The van der Waals surface area contributed by atoms with E-state index < -0.39 is 24.1 Å². The molecule has 4 aromatic rings. The molecule has 0 spiro atoms. The van der Waals surface area contributed by atoms with Crippen LogP contribution in [0.1, 0.15) is 23.7 Å². The van der Waals surface area contributed by atoms with E-state index >= 15 is 0 Å². The summed E-state index contributed by atoms with van der Waals surface area (Å²) in [5, 5.41) is 4.48. The first-order valence-electron chi connectivity index (χ1n) is 11.0. The first-order valence-corrected chi connectivity index (χ1v) is 11.4. The van der Waals surface area contributed by atoms with E-state index in [0.717, 1.165) is 6.07 Å². The maximum absolute atomic E-state index is 14.9. The lowest BCUT2D eigenvalue weighted by atomic mass is 9.88. The summed E-state index contributed by atoms with van der Waals surface area (Å²) in [7, 11) is 3.26. The van der Waals surface area contributed by atoms with E-state index in [2.05, 4.69) is 15.1 Å². The van der Waals surface area contributed by atoms with Gasteiger partial charge in [0.1, 0.15) is 28.7 Å². The third-order valence-corrected chi connectivity index (χ3v) is 6.77. The van der Waals surface area contributed by atoms with Crippen LogP contribution in [0.2, 0.25) is 5.02 Å². The lowest BCUT2D eigenvalue weighted by molar-refractivity contribution is -0.0424. The number of alkyl halides is 2. The summed E-state index contributed by atoms with van der Waals surface area (Å²) in [6.07, 6.45) is 2.61. The molecule has 0 N–H and O–H groups in total. The van der Waals surface area contributed by atoms with Gasteiger partial charge in [-0.2, -0.15) is 5.10 Å². The summed E-state index contributed by atoms with van der Waals surface area (Å²) in [5.41, 5.74) is 0.593. The van der Waals surface area contributed by atoms with Crippen molar-refractivity contribution in [3.63, 3.8) is 0 Å². The molecular weight excluding hydrogens is 481 g/mol. The van der Waals surface area contributed by atoms with Crippen molar-refractivity contribution in [3.05, 3.63) is 69.2 Å². The van der Waals surface area contributed by atoms with Crippen LogP contribution in [0, 0.1) is 12.7 Å². The molecule has 0 amide bonds. The van der Waals surface area contributed by atoms with Gasteiger partial charge in [-0.3, -0.25) is 14.0 Å². The van der Waals surface area contributed by atoms with Crippen LogP contribution in [0.15, 0.2) is 41.5 Å². The van der Waals surface area contributed by atoms with Gasteiger partial charge in [0.2, 0.25) is 0 Å². The quantitative estimate of drug-likeness (QED) is 0.414. The molecule has 0 bridgehead atoms. The number of halogens is 4. The molecule has 1 fully saturated rings. The highest BCUT2D eigenvalue weighted by atomic mass is 35.5. The number of piperidine rings is 1. The van der Waals surface area contributed by atoms with Crippen molar-refractivity contribution < 1.29 is 13.2 Å². The average molecular weight is 503 g/mol. The van der Waals surface area contributed by atoms with E-state index in [4.69, 9.17) is 11.6 Å². The Bertz CT molecular complexity index is 1520. The Labute approximate surface area is 203 Å². The molecule has 0 radical (unpaired) electrons. The van der Waals surface area contributed by atoms with E-state index in [-0.39, 0.29) is 45.8 Å². The van der Waals surface area contributed by atoms with Gasteiger partial charge in [0.05, 0.1) is 17.5 Å². The molecule has 182 valence electrons. The molecule has 0 saturated carbocycles. The minimum absolute atomic E-state index is 0.0183. The Morgan fingerprint density at radius 2 is 1.94 bits per heavy atom. The summed E-state index contributed by atoms with van der Waals surface area (Å²) in [5.74, 6) is -3.94. The van der Waals surface area contributed by atoms with Gasteiger partial charge in [-0.1, -0.05) is 11.6 Å². The maximum Gasteiger partial charge on any atom is 0.261 e. The van der Waals surface area contributed by atoms with Crippen molar-refractivity contribution in [3.8, 4) is 11.3 Å². The molecule has 1 aliphatic rings. The van der Waals surface area contributed by atoms with E-state index in [0.29, 0.717) is 17.2 Å². The number of pyridine rings is 1. The van der Waals surface area contributed by atoms with Gasteiger partial charge in [-0.25, -0.2) is 23.1 Å². The average Bonchev–Trinajstić information content (AvgIpc) is 3.23. The van der Waals surface area contributed by atoms with Gasteiger partial charge in [0.15, 0.2) is 0 Å². The molecule has 0 unspecified atom stereocenters. The van der Waals surface area contributed by atoms with Crippen molar-refractivity contribution in [2.45, 2.75) is 25.2 Å². The molecular formula is C24H22ClF3N6O. The number of benzene rings is 1. The zero-order valence-electron chi connectivity index (χ0n) is 19.3. The van der Waals surface area contributed by atoms with Crippen LogP contribution in [0.4, 0.5) is 19.0 Å². The molecule has 3 aromatic heterocycles. The standard InChI is InChI=1S/C24H22ClF3N6O/c1-13-30-22-17(23(35)33(13)3)9-20(31-21(22)16-5-4-15(25)8-19(16)26)34-7-6-24(27,28)18(12-34)14-10-29-32(2)11-14/h4-5,8-11,18H,6-7,12H2,1-3H3/t18-/m0/s1. The summed E-state index contributed by atoms with van der Waals surface area (Å²) < 4.78 is 47.6. The Kier molecular flexibility index (Phi) is 5.58. The molecule has 1 aliphatic heterocycles. The second kappa shape index (κ2) is 8.37. The molecule has 1 aromatic carbocycles. The van der Waals surface area contributed by atoms with Gasteiger partial charge in [0, 0.05) is 56.0 Å². The zero-order chi connectivity index (χ0) is 25.1. The van der Waals surface area contributed by atoms with E-state index in [1.807, 2.05) is 0 Å². The molecule has 4 heterocycles. The number of rotatable bonds is 3. The largest absolute Gasteiger partial charge is 0.356 e. The minimum Gasteiger partial charge on any atom is -0.356 e. The number of hydrogen-bond donors (Lipinski definition) is 0. The van der Waals surface area contributed by atoms with Gasteiger partial charge >= 0.3 is 0 Å². The fourth-order valence-electron chi connectivity index (χ4n) is 4.48. The van der Waals surface area contributed by atoms with Crippen molar-refractivity contribution in [1.29, 1.82) is 0 Å². The summed E-state index contributed by atoms with van der Waals surface area (Å²) in [6.45, 7) is 1.64. The molecule has 35 heavy (non-hydrogen) atoms. The lowest BCUT2D eigenvalue weighted by Gasteiger charge is -2.38. The number of aromatic nitrogens is 5. The molecule has 11 heteroatoms. The summed E-state index contributed by atoms with van der Waals surface area (Å²) in [6, 6.07) is 5.70. The first-order chi connectivity index (χ1) is 16.5. The molecule has 1 saturated heterocycles. The van der Waals surface area contributed by atoms with Crippen LogP contribution in [0.3, 0.4) is 0 Å². The molecule has 1 atom stereocenters. The predicted octanol–water partition coefficient (Wildman–Crippen LogP) is 4.46. The van der Waals surface area contributed by atoms with Crippen molar-refractivity contribution in [2.24, 2.45) is 14.1 Å². The molecule has 7 nitrogen and oxygen atoms in total. The number of hydrogen-bond acceptors (Lipinski definition) is 5. The number of fused-ring (bicyclic) bond motifs is 1. The smallest absolute Gasteiger partial charge is 0.261 e. The Morgan fingerprint density at radius 1 is 1.17 bits per heavy atom. The number of nitrogens with zero attached hydrogens (tertiary/aromatic N) is 6. The first kappa shape index (κ1) is 23.3. The Morgan fingerprint density at radius 3 is 2.63 bits per heavy atom. The van der Waals surface area contributed by atoms with Crippen LogP contribution in [0.5, 0.6) is 0 Å². The number of anilines is 1. The molecule has 5 rings (SSSR count). The highest BCUT2D eigenvalue weighted by Crippen LogP contribution is 2.42. The number of aryl methyl sites for hydroxylation is 2. The SMILES string of the molecule is Cc1nc2c(-c3ccc(Cl)cc3F)nc(N3CCC(F)(F)[C@H](c4cnn(C)c4)C3)cc2c(=O)n1C. The van der Waals surface area contributed by atoms with Crippen LogP contribution >= 0.6 is 11.6 Å². The van der Waals surface area contributed by atoms with Gasteiger partial charge in [0.25, 0.3) is 11.5 Å². The van der Waals surface area contributed by atoms with E-state index in [9.17, 15) is 18.0 Å². The Balaban J connectivity index is 1.69. The van der Waals surface area contributed by atoms with Gasteiger partial charge in [-0.15, -0.1) is 0 Å². The lowest BCUT2D eigenvalue weighted by Crippen LogP contribution is -2.46. The third-order valence-electron chi connectivity index (χ3n) is 6.54. The second-order valence-electron chi connectivity index (χ2n) is 8.83. The van der Waals surface area contributed by atoms with Crippen LogP contribution in [-0.4, -0.2) is 43.3 Å². The fraction of sp³-hybridized carbons (Fsp3) is 0.333. The van der Waals surface area contributed by atoms with Crippen LogP contribution in [0.25, 0.3) is 22.2 Å². The van der Waals surface area contributed by atoms with Crippen LogP contribution < -0.4 is 10.5 Å². The monoisotopic (exact) mass is 502 g/mol. The fourth-order valence-corrected chi connectivity index (χ4v) is 4.64. The molecule has 0 aliphatic carbocycles. The van der Waals surface area contributed by atoms with E-state index in [1.165, 1.54) is 27.6 Å². The van der Waals surface area contributed by atoms with Crippen molar-refractivity contribution in [2.75, 3.05) is 18.0 Å².